The van der Waals surface area contributed by atoms with E-state index in [-0.39, 0.29) is 10.7 Å². The summed E-state index contributed by atoms with van der Waals surface area (Å²) in [6, 6.07) is 4.81. The molecular weight excluding hydrogens is 313 g/mol. The zero-order valence-corrected chi connectivity index (χ0v) is 12.7. The Balaban J connectivity index is 2.31. The fourth-order valence-corrected chi connectivity index (χ4v) is 3.32. The topological polar surface area (TPSA) is 57.6 Å². The van der Waals surface area contributed by atoms with Crippen molar-refractivity contribution < 1.29 is 19.1 Å². The molecule has 1 aromatic rings. The van der Waals surface area contributed by atoms with Crippen LogP contribution in [0.25, 0.3) is 6.08 Å². The second-order valence-corrected chi connectivity index (χ2v) is 6.04. The Morgan fingerprint density at radius 1 is 1.57 bits per heavy atom. The number of amides is 1. The molecule has 7 heteroatoms. The van der Waals surface area contributed by atoms with Crippen molar-refractivity contribution in [3.8, 4) is 0 Å². The highest BCUT2D eigenvalue weighted by Gasteiger charge is 2.39. The summed E-state index contributed by atoms with van der Waals surface area (Å²) in [5.74, 6) is -1.96. The Morgan fingerprint density at radius 2 is 2.29 bits per heavy atom. The molecule has 4 nitrogen and oxygen atoms in total. The van der Waals surface area contributed by atoms with Gasteiger partial charge in [0, 0.05) is 0 Å². The molecule has 1 heterocycles. The van der Waals surface area contributed by atoms with Crippen LogP contribution in [0.5, 0.6) is 0 Å². The molecule has 110 valence electrons. The number of benzene rings is 1. The van der Waals surface area contributed by atoms with Crippen LogP contribution in [0.15, 0.2) is 29.2 Å². The Labute approximate surface area is 130 Å². The molecule has 1 aromatic carbocycles. The Bertz CT molecular complexity index is 645. The van der Waals surface area contributed by atoms with Gasteiger partial charge in [-0.2, -0.15) is 0 Å². The summed E-state index contributed by atoms with van der Waals surface area (Å²) in [6.07, 6.45) is 1.77. The number of thioether (sulfide) groups is 1. The van der Waals surface area contributed by atoms with E-state index in [9.17, 15) is 14.0 Å². The quantitative estimate of drug-likeness (QED) is 0.681. The highest BCUT2D eigenvalue weighted by atomic mass is 32.2. The third-order valence-electron chi connectivity index (χ3n) is 2.95. The van der Waals surface area contributed by atoms with Gasteiger partial charge >= 0.3 is 5.97 Å². The predicted molar refractivity (Wildman–Crippen MR) is 83.1 cm³/mol. The minimum atomic E-state index is -1.10. The number of hydrogen-bond donors (Lipinski definition) is 1. The van der Waals surface area contributed by atoms with Crippen molar-refractivity contribution >= 4 is 46.3 Å². The first-order valence-corrected chi connectivity index (χ1v) is 7.42. The largest absolute Gasteiger partial charge is 0.480 e. The number of carboxylic acids is 1. The molecule has 0 radical (unpaired) electrons. The molecule has 0 aromatic heterocycles. The molecule has 0 unspecified atom stereocenters. The van der Waals surface area contributed by atoms with Crippen molar-refractivity contribution in [2.75, 3.05) is 0 Å². The Hall–Kier alpha value is -1.73. The summed E-state index contributed by atoms with van der Waals surface area (Å²) in [5.41, 5.74) is 0.527. The lowest BCUT2D eigenvalue weighted by atomic mass is 10.1. The average molecular weight is 325 g/mol. The van der Waals surface area contributed by atoms with Gasteiger partial charge in [-0.15, -0.1) is 0 Å². The molecule has 1 fully saturated rings. The van der Waals surface area contributed by atoms with Gasteiger partial charge in [0.05, 0.1) is 4.91 Å². The number of thiocarbonyl (C=S) groups is 1. The Kier molecular flexibility index (Phi) is 4.74. The molecule has 0 saturated carbocycles. The van der Waals surface area contributed by atoms with Gasteiger partial charge in [-0.05, 0) is 30.2 Å². The number of halogens is 1. The predicted octanol–water partition coefficient (Wildman–Crippen LogP) is 2.89. The van der Waals surface area contributed by atoms with Crippen LogP contribution in [0.3, 0.4) is 0 Å². The smallest absolute Gasteiger partial charge is 0.326 e. The van der Waals surface area contributed by atoms with Gasteiger partial charge in [0.25, 0.3) is 5.91 Å². The van der Waals surface area contributed by atoms with E-state index in [4.69, 9.17) is 17.3 Å². The molecule has 1 atom stereocenters. The van der Waals surface area contributed by atoms with E-state index in [0.717, 1.165) is 16.7 Å². The first-order chi connectivity index (χ1) is 9.93. The SMILES string of the molecule is CC[C@H](C(=O)O)N1C(=O)/C(=C/c2cccc(F)c2)SC1=S. The van der Waals surface area contributed by atoms with E-state index < -0.39 is 23.7 Å². The zero-order chi connectivity index (χ0) is 15.6. The van der Waals surface area contributed by atoms with E-state index in [2.05, 4.69) is 0 Å². The van der Waals surface area contributed by atoms with Crippen LogP contribution in [0, 0.1) is 5.82 Å². The number of carbonyl (C=O) groups excluding carboxylic acids is 1. The lowest BCUT2D eigenvalue weighted by molar-refractivity contribution is -0.145. The summed E-state index contributed by atoms with van der Waals surface area (Å²) >= 11 is 6.11. The highest BCUT2D eigenvalue weighted by Crippen LogP contribution is 2.34. The maximum Gasteiger partial charge on any atom is 0.326 e. The van der Waals surface area contributed by atoms with Gasteiger partial charge < -0.3 is 5.11 Å². The van der Waals surface area contributed by atoms with Crippen molar-refractivity contribution in [1.29, 1.82) is 0 Å². The maximum atomic E-state index is 13.1. The monoisotopic (exact) mass is 325 g/mol. The number of carboxylic acid groups (broad SMARTS) is 1. The highest BCUT2D eigenvalue weighted by molar-refractivity contribution is 8.26. The average Bonchev–Trinajstić information content (AvgIpc) is 2.67. The van der Waals surface area contributed by atoms with Crippen LogP contribution in [0.2, 0.25) is 0 Å². The van der Waals surface area contributed by atoms with Crippen LogP contribution >= 0.6 is 24.0 Å². The fourth-order valence-electron chi connectivity index (χ4n) is 1.96. The van der Waals surface area contributed by atoms with Gasteiger partial charge in [0.2, 0.25) is 0 Å². The summed E-state index contributed by atoms with van der Waals surface area (Å²) in [6.45, 7) is 1.67. The van der Waals surface area contributed by atoms with E-state index in [1.54, 1.807) is 13.0 Å². The molecule has 0 bridgehead atoms. The first-order valence-electron chi connectivity index (χ1n) is 6.19. The molecule has 0 spiro atoms. The second-order valence-electron chi connectivity index (χ2n) is 4.37. The van der Waals surface area contributed by atoms with Crippen LogP contribution in [0.1, 0.15) is 18.9 Å². The number of carbonyl (C=O) groups is 2. The first kappa shape index (κ1) is 15.7. The van der Waals surface area contributed by atoms with Crippen LogP contribution < -0.4 is 0 Å². The van der Waals surface area contributed by atoms with Crippen LogP contribution in [-0.2, 0) is 9.59 Å². The Morgan fingerprint density at radius 3 is 2.86 bits per heavy atom. The number of nitrogens with zero attached hydrogens (tertiary/aromatic N) is 1. The van der Waals surface area contributed by atoms with Crippen LogP contribution in [-0.4, -0.2) is 32.2 Å². The standard InChI is InChI=1S/C14H12FNO3S2/c1-2-10(13(18)19)16-12(17)11(21-14(16)20)7-8-4-3-5-9(15)6-8/h3-7,10H,2H2,1H3,(H,18,19)/b11-7-/t10-/m1/s1. The van der Waals surface area contributed by atoms with E-state index in [1.165, 1.54) is 24.3 Å². The molecule has 21 heavy (non-hydrogen) atoms. The molecule has 2 rings (SSSR count). The van der Waals surface area contributed by atoms with Gasteiger partial charge in [-0.1, -0.05) is 43.0 Å². The molecule has 1 aliphatic rings. The maximum absolute atomic E-state index is 13.1. The van der Waals surface area contributed by atoms with E-state index in [0.29, 0.717) is 10.5 Å². The van der Waals surface area contributed by atoms with Crippen molar-refractivity contribution in [3.05, 3.63) is 40.6 Å². The number of hydrogen-bond acceptors (Lipinski definition) is 4. The van der Waals surface area contributed by atoms with E-state index >= 15 is 0 Å². The van der Waals surface area contributed by atoms with Gasteiger partial charge in [0.15, 0.2) is 0 Å². The van der Waals surface area contributed by atoms with Crippen molar-refractivity contribution in [1.82, 2.24) is 4.90 Å². The normalized spacial score (nSPS) is 18.4. The summed E-state index contributed by atoms with van der Waals surface area (Å²) in [4.78, 5) is 24.9. The third kappa shape index (κ3) is 3.30. The summed E-state index contributed by atoms with van der Waals surface area (Å²) < 4.78 is 13.4. The van der Waals surface area contributed by atoms with Gasteiger partial charge in [0.1, 0.15) is 16.2 Å². The minimum Gasteiger partial charge on any atom is -0.480 e. The fraction of sp³-hybridized carbons (Fsp3) is 0.214. The third-order valence-corrected chi connectivity index (χ3v) is 4.28. The molecule has 1 amide bonds. The van der Waals surface area contributed by atoms with Crippen molar-refractivity contribution in [2.45, 2.75) is 19.4 Å². The van der Waals surface area contributed by atoms with Crippen LogP contribution in [0.4, 0.5) is 4.39 Å². The lowest BCUT2D eigenvalue weighted by Gasteiger charge is -2.21. The van der Waals surface area contributed by atoms with Crippen molar-refractivity contribution in [3.63, 3.8) is 0 Å². The number of rotatable bonds is 4. The molecule has 1 saturated heterocycles. The molecule has 0 aliphatic carbocycles. The van der Waals surface area contributed by atoms with Gasteiger partial charge in [-0.25, -0.2) is 9.18 Å². The molecule has 1 N–H and O–H groups in total. The zero-order valence-electron chi connectivity index (χ0n) is 11.1. The number of aliphatic carboxylic acids is 1. The minimum absolute atomic E-state index is 0.205. The van der Waals surface area contributed by atoms with E-state index in [1.807, 2.05) is 0 Å². The second kappa shape index (κ2) is 6.36. The van der Waals surface area contributed by atoms with Gasteiger partial charge in [-0.3, -0.25) is 9.69 Å². The molecular formula is C14H12FNO3S2. The summed E-state index contributed by atoms with van der Waals surface area (Å²) in [5, 5.41) is 9.15. The van der Waals surface area contributed by atoms with Crippen molar-refractivity contribution in [2.24, 2.45) is 0 Å². The molecule has 1 aliphatic heterocycles. The lowest BCUT2D eigenvalue weighted by Crippen LogP contribution is -2.43. The summed E-state index contributed by atoms with van der Waals surface area (Å²) in [7, 11) is 0.